The molecule has 90 valence electrons. The molecule has 1 aromatic carbocycles. The fourth-order valence-corrected chi connectivity index (χ4v) is 1.80. The minimum Gasteiger partial charge on any atom is -0.503 e. The molecule has 0 saturated heterocycles. The molecule has 0 unspecified atom stereocenters. The van der Waals surface area contributed by atoms with Crippen LogP contribution in [0.25, 0.3) is 21.8 Å². The molecule has 0 radical (unpaired) electrons. The first-order valence-electron chi connectivity index (χ1n) is 5.10. The van der Waals surface area contributed by atoms with E-state index in [1.807, 2.05) is 0 Å². The zero-order valence-corrected chi connectivity index (χ0v) is 8.99. The second-order valence-electron chi connectivity index (χ2n) is 3.90. The number of rotatable bonds is 0. The molecule has 0 amide bonds. The van der Waals surface area contributed by atoms with Gasteiger partial charge in [0.25, 0.3) is 11.8 Å². The molecule has 2 heterocycles. The minimum absolute atomic E-state index is 0.321. The number of benzene rings is 1. The van der Waals surface area contributed by atoms with Crippen molar-refractivity contribution in [3.63, 3.8) is 0 Å². The van der Waals surface area contributed by atoms with E-state index in [0.717, 1.165) is 0 Å². The predicted molar refractivity (Wildman–Crippen MR) is 63.7 cm³/mol. The molecule has 6 heteroatoms. The van der Waals surface area contributed by atoms with Gasteiger partial charge in [-0.15, -0.1) is 0 Å². The van der Waals surface area contributed by atoms with E-state index >= 15 is 0 Å². The lowest BCUT2D eigenvalue weighted by atomic mass is 10.1. The molecular formula is C12H8N2O4. The van der Waals surface area contributed by atoms with Crippen LogP contribution in [0.1, 0.15) is 0 Å². The van der Waals surface area contributed by atoms with Gasteiger partial charge in [0, 0.05) is 10.8 Å². The number of hydrogen-bond donors (Lipinski definition) is 4. The Bertz CT molecular complexity index is 657. The van der Waals surface area contributed by atoms with Gasteiger partial charge < -0.3 is 20.4 Å². The summed E-state index contributed by atoms with van der Waals surface area (Å²) in [6.45, 7) is 0. The van der Waals surface area contributed by atoms with Gasteiger partial charge in [-0.25, -0.2) is 9.97 Å². The quantitative estimate of drug-likeness (QED) is 0.447. The Hall–Kier alpha value is -2.76. The molecule has 2 aromatic heterocycles. The topological polar surface area (TPSA) is 107 Å². The molecule has 0 spiro atoms. The summed E-state index contributed by atoms with van der Waals surface area (Å²) in [6.07, 6.45) is 0. The normalized spacial score (nSPS) is 11.1. The van der Waals surface area contributed by atoms with Crippen molar-refractivity contribution in [1.82, 2.24) is 9.97 Å². The molecule has 0 aliphatic carbocycles. The Morgan fingerprint density at radius 1 is 0.611 bits per heavy atom. The van der Waals surface area contributed by atoms with Crippen molar-refractivity contribution in [2.75, 3.05) is 0 Å². The first-order valence-corrected chi connectivity index (χ1v) is 5.10. The van der Waals surface area contributed by atoms with E-state index in [1.165, 1.54) is 12.1 Å². The van der Waals surface area contributed by atoms with Crippen LogP contribution in [0, 0.1) is 0 Å². The average molecular weight is 244 g/mol. The molecule has 0 fully saturated rings. The van der Waals surface area contributed by atoms with E-state index in [4.69, 9.17) is 0 Å². The van der Waals surface area contributed by atoms with E-state index in [2.05, 4.69) is 9.97 Å². The summed E-state index contributed by atoms with van der Waals surface area (Å²) in [7, 11) is 0. The van der Waals surface area contributed by atoms with Crippen molar-refractivity contribution >= 4 is 21.8 Å². The first kappa shape index (κ1) is 10.4. The van der Waals surface area contributed by atoms with Gasteiger partial charge in [0.2, 0.25) is 0 Å². The summed E-state index contributed by atoms with van der Waals surface area (Å²) in [5.74, 6) is -1.58. The van der Waals surface area contributed by atoms with Crippen molar-refractivity contribution in [2.24, 2.45) is 0 Å². The van der Waals surface area contributed by atoms with Crippen LogP contribution >= 0.6 is 0 Å². The van der Waals surface area contributed by atoms with E-state index in [0.29, 0.717) is 21.8 Å². The molecule has 3 rings (SSSR count). The van der Waals surface area contributed by atoms with Crippen molar-refractivity contribution in [3.05, 3.63) is 24.3 Å². The Kier molecular flexibility index (Phi) is 1.94. The lowest BCUT2D eigenvalue weighted by Crippen LogP contribution is -1.85. The highest BCUT2D eigenvalue weighted by molar-refractivity contribution is 5.96. The monoisotopic (exact) mass is 244 g/mol. The van der Waals surface area contributed by atoms with E-state index in [9.17, 15) is 20.4 Å². The van der Waals surface area contributed by atoms with Gasteiger partial charge in [0.15, 0.2) is 11.5 Å². The third kappa shape index (κ3) is 1.43. The number of aromatic nitrogens is 2. The Labute approximate surface area is 100 Å². The zero-order valence-electron chi connectivity index (χ0n) is 8.99. The van der Waals surface area contributed by atoms with E-state index in [-0.39, 0.29) is 11.5 Å². The number of nitrogens with zero attached hydrogens (tertiary/aromatic N) is 2. The predicted octanol–water partition coefficient (Wildman–Crippen LogP) is 1.61. The second-order valence-corrected chi connectivity index (χ2v) is 3.90. The maximum Gasteiger partial charge on any atom is 0.254 e. The van der Waals surface area contributed by atoms with E-state index < -0.39 is 11.8 Å². The molecule has 6 nitrogen and oxygen atoms in total. The number of pyridine rings is 2. The highest BCUT2D eigenvalue weighted by Crippen LogP contribution is 2.32. The summed E-state index contributed by atoms with van der Waals surface area (Å²) >= 11 is 0. The first-order chi connectivity index (χ1) is 8.54. The van der Waals surface area contributed by atoms with Gasteiger partial charge in [-0.1, -0.05) is 0 Å². The van der Waals surface area contributed by atoms with Gasteiger partial charge in [0.05, 0.1) is 11.0 Å². The van der Waals surface area contributed by atoms with E-state index in [1.54, 1.807) is 12.1 Å². The Morgan fingerprint density at radius 3 is 1.50 bits per heavy atom. The highest BCUT2D eigenvalue weighted by atomic mass is 16.3. The zero-order chi connectivity index (χ0) is 12.9. The van der Waals surface area contributed by atoms with Crippen molar-refractivity contribution in [3.8, 4) is 23.3 Å². The van der Waals surface area contributed by atoms with Gasteiger partial charge >= 0.3 is 0 Å². The maximum absolute atomic E-state index is 9.37. The van der Waals surface area contributed by atoms with Crippen LogP contribution in [0.5, 0.6) is 23.3 Å². The largest absolute Gasteiger partial charge is 0.503 e. The SMILES string of the molecule is Oc1cc2cc3cc(O)c(O)nc3cc2nc1O. The summed E-state index contributed by atoms with van der Waals surface area (Å²) in [5, 5.41) is 38.6. The fraction of sp³-hybridized carbons (Fsp3) is 0. The van der Waals surface area contributed by atoms with Gasteiger partial charge in [0.1, 0.15) is 0 Å². The van der Waals surface area contributed by atoms with Gasteiger partial charge in [-0.05, 0) is 24.3 Å². The van der Waals surface area contributed by atoms with Crippen LogP contribution in [0.4, 0.5) is 0 Å². The third-order valence-corrected chi connectivity index (χ3v) is 2.67. The average Bonchev–Trinajstić information content (AvgIpc) is 2.31. The molecule has 0 saturated carbocycles. The van der Waals surface area contributed by atoms with Crippen LogP contribution in [0.15, 0.2) is 24.3 Å². The summed E-state index contributed by atoms with van der Waals surface area (Å²) in [6, 6.07) is 5.91. The molecule has 0 aliphatic heterocycles. The van der Waals surface area contributed by atoms with Crippen LogP contribution in [0.2, 0.25) is 0 Å². The summed E-state index contributed by atoms with van der Waals surface area (Å²) in [5.41, 5.74) is 0.853. The second kappa shape index (κ2) is 3.36. The molecule has 4 N–H and O–H groups in total. The van der Waals surface area contributed by atoms with Crippen molar-refractivity contribution in [1.29, 1.82) is 0 Å². The smallest absolute Gasteiger partial charge is 0.254 e. The minimum atomic E-state index is -0.468. The lowest BCUT2D eigenvalue weighted by molar-refractivity contribution is 0.390. The lowest BCUT2D eigenvalue weighted by Gasteiger charge is -2.04. The maximum atomic E-state index is 9.37. The fourth-order valence-electron chi connectivity index (χ4n) is 1.80. The van der Waals surface area contributed by atoms with Crippen LogP contribution in [-0.4, -0.2) is 30.4 Å². The Balaban J connectivity index is 2.43. The van der Waals surface area contributed by atoms with Crippen LogP contribution in [0.3, 0.4) is 0 Å². The van der Waals surface area contributed by atoms with Crippen LogP contribution < -0.4 is 0 Å². The van der Waals surface area contributed by atoms with Crippen molar-refractivity contribution in [2.45, 2.75) is 0 Å². The number of hydrogen-bond acceptors (Lipinski definition) is 6. The van der Waals surface area contributed by atoms with Gasteiger partial charge in [-0.3, -0.25) is 0 Å². The van der Waals surface area contributed by atoms with Crippen molar-refractivity contribution < 1.29 is 20.4 Å². The number of aromatic hydroxyl groups is 4. The standard InChI is InChI=1S/C12H8N2O4/c15-9-2-5-1-6-3-10(16)12(18)14-8(6)4-7(5)13-11(9)17/h1-4,15-16H,(H,13,17)(H,14,18). The molecule has 0 aliphatic rings. The third-order valence-electron chi connectivity index (χ3n) is 2.67. The molecule has 0 bridgehead atoms. The molecule has 18 heavy (non-hydrogen) atoms. The summed E-state index contributed by atoms with van der Waals surface area (Å²) in [4.78, 5) is 7.60. The molecule has 3 aromatic rings. The molecular weight excluding hydrogens is 236 g/mol. The molecule has 0 atom stereocenters. The highest BCUT2D eigenvalue weighted by Gasteiger charge is 2.09. The van der Waals surface area contributed by atoms with Crippen LogP contribution in [-0.2, 0) is 0 Å². The summed E-state index contributed by atoms with van der Waals surface area (Å²) < 4.78 is 0. The Morgan fingerprint density at radius 2 is 1.06 bits per heavy atom. The van der Waals surface area contributed by atoms with Gasteiger partial charge in [-0.2, -0.15) is 0 Å². The number of fused-ring (bicyclic) bond motifs is 2.